The van der Waals surface area contributed by atoms with E-state index in [0.717, 1.165) is 15.2 Å². The largest absolute Gasteiger partial charge is 0.339 e. The Balaban J connectivity index is 1.69. The Kier molecular flexibility index (Phi) is 4.15. The first-order valence-corrected chi connectivity index (χ1v) is 7.77. The lowest BCUT2D eigenvalue weighted by Crippen LogP contribution is -2.27. The van der Waals surface area contributed by atoms with Gasteiger partial charge in [0.1, 0.15) is 10.8 Å². The normalized spacial score (nSPS) is 10.8. The van der Waals surface area contributed by atoms with Crippen molar-refractivity contribution in [3.63, 3.8) is 0 Å². The lowest BCUT2D eigenvalue weighted by molar-refractivity contribution is -0.129. The Morgan fingerprint density at radius 2 is 1.91 bits per heavy atom. The van der Waals surface area contributed by atoms with Crippen molar-refractivity contribution in [2.45, 2.75) is 13.0 Å². The molecule has 1 heterocycles. The van der Waals surface area contributed by atoms with Crippen molar-refractivity contribution in [2.24, 2.45) is 0 Å². The third-order valence-electron chi connectivity index (χ3n) is 3.44. The molecule has 0 saturated carbocycles. The Bertz CT molecular complexity index is 782. The van der Waals surface area contributed by atoms with Crippen LogP contribution in [0.3, 0.4) is 0 Å². The van der Waals surface area contributed by atoms with Crippen LogP contribution in [0.4, 0.5) is 4.39 Å². The van der Waals surface area contributed by atoms with Gasteiger partial charge in [-0.1, -0.05) is 30.3 Å². The van der Waals surface area contributed by atoms with Gasteiger partial charge in [0, 0.05) is 7.05 Å². The van der Waals surface area contributed by atoms with Gasteiger partial charge in [-0.05, 0) is 23.8 Å². The number of benzene rings is 2. The number of halogens is 1. The molecule has 3 nitrogen and oxygen atoms in total. The number of likely N-dealkylation sites (N-methyl/N-ethyl adjacent to an activating group) is 1. The smallest absolute Gasteiger partial charge is 0.227 e. The molecule has 0 radical (unpaired) electrons. The predicted octanol–water partition coefficient (Wildman–Crippen LogP) is 3.64. The number of nitrogens with zero attached hydrogens (tertiary/aromatic N) is 2. The standard InChI is InChI=1S/C17H15FN2OS/c1-20(17(21)10-12-6-2-3-7-13(12)18)11-16-19-14-8-4-5-9-15(14)22-16/h2-9H,10-11H2,1H3. The van der Waals surface area contributed by atoms with Crippen molar-refractivity contribution in [2.75, 3.05) is 7.05 Å². The van der Waals surface area contributed by atoms with E-state index in [2.05, 4.69) is 4.98 Å². The summed E-state index contributed by atoms with van der Waals surface area (Å²) in [4.78, 5) is 18.3. The molecule has 1 amide bonds. The highest BCUT2D eigenvalue weighted by Gasteiger charge is 2.14. The van der Waals surface area contributed by atoms with Crippen molar-refractivity contribution in [1.29, 1.82) is 0 Å². The number of para-hydroxylation sites is 1. The second-order valence-corrected chi connectivity index (χ2v) is 6.21. The SMILES string of the molecule is CN(Cc1nc2ccccc2s1)C(=O)Cc1ccccc1F. The van der Waals surface area contributed by atoms with Crippen LogP contribution in [0.1, 0.15) is 10.6 Å². The summed E-state index contributed by atoms with van der Waals surface area (Å²) >= 11 is 1.57. The summed E-state index contributed by atoms with van der Waals surface area (Å²) in [6.45, 7) is 0.437. The molecule has 0 bridgehead atoms. The van der Waals surface area contributed by atoms with Gasteiger partial charge >= 0.3 is 0 Å². The third kappa shape index (κ3) is 3.14. The number of thiazole rings is 1. The number of aromatic nitrogens is 1. The van der Waals surface area contributed by atoms with E-state index in [-0.39, 0.29) is 18.1 Å². The van der Waals surface area contributed by atoms with Gasteiger partial charge in [0.15, 0.2) is 0 Å². The van der Waals surface area contributed by atoms with Crippen LogP contribution in [0.15, 0.2) is 48.5 Å². The number of rotatable bonds is 4. The van der Waals surface area contributed by atoms with Crippen molar-refractivity contribution in [3.8, 4) is 0 Å². The summed E-state index contributed by atoms with van der Waals surface area (Å²) in [5, 5.41) is 0.880. The average Bonchev–Trinajstić information content (AvgIpc) is 2.91. The van der Waals surface area contributed by atoms with Crippen molar-refractivity contribution >= 4 is 27.5 Å². The number of hydrogen-bond donors (Lipinski definition) is 0. The summed E-state index contributed by atoms with van der Waals surface area (Å²) in [6, 6.07) is 14.2. The van der Waals surface area contributed by atoms with Gasteiger partial charge in [-0.25, -0.2) is 9.37 Å². The van der Waals surface area contributed by atoms with Crippen LogP contribution in [0.25, 0.3) is 10.2 Å². The van der Waals surface area contributed by atoms with Gasteiger partial charge in [-0.2, -0.15) is 0 Å². The zero-order chi connectivity index (χ0) is 15.5. The number of carbonyl (C=O) groups excluding carboxylic acids is 1. The highest BCUT2D eigenvalue weighted by molar-refractivity contribution is 7.18. The van der Waals surface area contributed by atoms with E-state index in [4.69, 9.17) is 0 Å². The molecule has 1 aromatic heterocycles. The molecule has 3 aromatic rings. The number of amides is 1. The molecule has 0 spiro atoms. The van der Waals surface area contributed by atoms with Crippen LogP contribution in [-0.2, 0) is 17.8 Å². The van der Waals surface area contributed by atoms with Crippen LogP contribution < -0.4 is 0 Å². The first-order valence-electron chi connectivity index (χ1n) is 6.95. The monoisotopic (exact) mass is 314 g/mol. The molecule has 5 heteroatoms. The van der Waals surface area contributed by atoms with E-state index in [1.165, 1.54) is 6.07 Å². The first kappa shape index (κ1) is 14.7. The molecule has 22 heavy (non-hydrogen) atoms. The van der Waals surface area contributed by atoms with Crippen molar-refractivity contribution in [3.05, 3.63) is 64.9 Å². The Morgan fingerprint density at radius 3 is 2.68 bits per heavy atom. The van der Waals surface area contributed by atoms with Crippen LogP contribution in [-0.4, -0.2) is 22.8 Å². The Morgan fingerprint density at radius 1 is 1.18 bits per heavy atom. The van der Waals surface area contributed by atoms with Crippen molar-refractivity contribution in [1.82, 2.24) is 9.88 Å². The van der Waals surface area contributed by atoms with Gasteiger partial charge in [0.25, 0.3) is 0 Å². The van der Waals surface area contributed by atoms with E-state index in [9.17, 15) is 9.18 Å². The third-order valence-corrected chi connectivity index (χ3v) is 4.46. The Hall–Kier alpha value is -2.27. The lowest BCUT2D eigenvalue weighted by Gasteiger charge is -2.15. The molecule has 0 saturated heterocycles. The summed E-state index contributed by atoms with van der Waals surface area (Å²) in [7, 11) is 1.72. The molecule has 0 N–H and O–H groups in total. The fourth-order valence-corrected chi connectivity index (χ4v) is 3.24. The van der Waals surface area contributed by atoms with Crippen molar-refractivity contribution < 1.29 is 9.18 Å². The fourth-order valence-electron chi connectivity index (χ4n) is 2.22. The van der Waals surface area contributed by atoms with E-state index < -0.39 is 0 Å². The van der Waals surface area contributed by atoms with Gasteiger partial charge in [-0.15, -0.1) is 11.3 Å². The van der Waals surface area contributed by atoms with Gasteiger partial charge < -0.3 is 4.90 Å². The van der Waals surface area contributed by atoms with Crippen LogP contribution in [0.2, 0.25) is 0 Å². The highest BCUT2D eigenvalue weighted by Crippen LogP contribution is 2.22. The quantitative estimate of drug-likeness (QED) is 0.736. The summed E-state index contributed by atoms with van der Waals surface area (Å²) < 4.78 is 14.7. The molecular formula is C17H15FN2OS. The van der Waals surface area contributed by atoms with Crippen LogP contribution >= 0.6 is 11.3 Å². The molecule has 3 rings (SSSR count). The maximum atomic E-state index is 13.6. The minimum atomic E-state index is -0.343. The minimum Gasteiger partial charge on any atom is -0.339 e. The topological polar surface area (TPSA) is 33.2 Å². The zero-order valence-corrected chi connectivity index (χ0v) is 12.9. The molecular weight excluding hydrogens is 299 g/mol. The molecule has 112 valence electrons. The maximum Gasteiger partial charge on any atom is 0.227 e. The van der Waals surface area contributed by atoms with E-state index in [1.807, 2.05) is 24.3 Å². The molecule has 0 atom stereocenters. The molecule has 0 aliphatic rings. The van der Waals surface area contributed by atoms with E-state index >= 15 is 0 Å². The zero-order valence-electron chi connectivity index (χ0n) is 12.1. The molecule has 2 aromatic carbocycles. The van der Waals surface area contributed by atoms with Crippen LogP contribution in [0.5, 0.6) is 0 Å². The molecule has 0 aliphatic heterocycles. The van der Waals surface area contributed by atoms with Crippen LogP contribution in [0, 0.1) is 5.82 Å². The number of hydrogen-bond acceptors (Lipinski definition) is 3. The van der Waals surface area contributed by atoms with E-state index in [0.29, 0.717) is 12.1 Å². The summed E-state index contributed by atoms with van der Waals surface area (Å²) in [6.07, 6.45) is 0.0636. The van der Waals surface area contributed by atoms with Gasteiger partial charge in [-0.3, -0.25) is 4.79 Å². The predicted molar refractivity (Wildman–Crippen MR) is 86.2 cm³/mol. The summed E-state index contributed by atoms with van der Waals surface area (Å²) in [5.74, 6) is -0.464. The first-order chi connectivity index (χ1) is 10.6. The highest BCUT2D eigenvalue weighted by atomic mass is 32.1. The van der Waals surface area contributed by atoms with Gasteiger partial charge in [0.2, 0.25) is 5.91 Å². The minimum absolute atomic E-state index is 0.0636. The second kappa shape index (κ2) is 6.23. The average molecular weight is 314 g/mol. The Labute approximate surface area is 132 Å². The summed E-state index contributed by atoms with van der Waals surface area (Å²) in [5.41, 5.74) is 1.36. The molecule has 0 unspecified atom stereocenters. The maximum absolute atomic E-state index is 13.6. The lowest BCUT2D eigenvalue weighted by atomic mass is 10.1. The number of carbonyl (C=O) groups is 1. The molecule has 0 aliphatic carbocycles. The van der Waals surface area contributed by atoms with Gasteiger partial charge in [0.05, 0.1) is 23.2 Å². The number of fused-ring (bicyclic) bond motifs is 1. The second-order valence-electron chi connectivity index (χ2n) is 5.09. The van der Waals surface area contributed by atoms with E-state index in [1.54, 1.807) is 41.5 Å². The fraction of sp³-hybridized carbons (Fsp3) is 0.176. The molecule has 0 fully saturated rings.